The highest BCUT2D eigenvalue weighted by Crippen LogP contribution is 2.43. The Morgan fingerprint density at radius 1 is 0.967 bits per heavy atom. The fraction of sp³-hybridized carbons (Fsp3) is 0.190. The van der Waals surface area contributed by atoms with Crippen molar-refractivity contribution >= 4 is 28.3 Å². The third-order valence-electron chi connectivity index (χ3n) is 4.14. The first kappa shape index (κ1) is 21.6. The second-order valence-electron chi connectivity index (χ2n) is 6.12. The molecule has 0 spiro atoms. The van der Waals surface area contributed by atoms with E-state index in [1.165, 1.54) is 14.2 Å². The Hall–Kier alpha value is -3.13. The Bertz CT molecular complexity index is 1080. The molecule has 0 amide bonds. The van der Waals surface area contributed by atoms with Crippen LogP contribution in [0.1, 0.15) is 5.56 Å². The molecule has 9 heteroatoms. The predicted octanol–water partition coefficient (Wildman–Crippen LogP) is 5.86. The Morgan fingerprint density at radius 3 is 2.27 bits per heavy atom. The molecular formula is C21H16ClF3O5. The molecule has 3 rings (SSSR count). The summed E-state index contributed by atoms with van der Waals surface area (Å²) in [5.74, 6) is 0.0636. The fourth-order valence-corrected chi connectivity index (χ4v) is 2.91. The summed E-state index contributed by atoms with van der Waals surface area (Å²) in [4.78, 5) is 11.2. The Labute approximate surface area is 174 Å². The van der Waals surface area contributed by atoms with Crippen molar-refractivity contribution in [2.75, 3.05) is 20.8 Å². The van der Waals surface area contributed by atoms with Gasteiger partial charge in [-0.15, -0.1) is 0 Å². The monoisotopic (exact) mass is 440 g/mol. The van der Waals surface area contributed by atoms with Gasteiger partial charge in [0.25, 0.3) is 0 Å². The van der Waals surface area contributed by atoms with Crippen molar-refractivity contribution in [3.63, 3.8) is 0 Å². The first-order valence-corrected chi connectivity index (χ1v) is 8.95. The van der Waals surface area contributed by atoms with Crippen LogP contribution in [-0.4, -0.2) is 26.8 Å². The van der Waals surface area contributed by atoms with Gasteiger partial charge in [0, 0.05) is 0 Å². The number of methoxy groups -OCH3 is 2. The summed E-state index contributed by atoms with van der Waals surface area (Å²) < 4.78 is 59.6. The zero-order chi connectivity index (χ0) is 21.9. The van der Waals surface area contributed by atoms with E-state index in [1.54, 1.807) is 36.4 Å². The molecule has 0 saturated carbocycles. The average Bonchev–Trinajstić information content (AvgIpc) is 2.72. The summed E-state index contributed by atoms with van der Waals surface area (Å²) in [6.45, 7) is -0.240. The van der Waals surface area contributed by atoms with Gasteiger partial charge in [0.05, 0.1) is 24.8 Å². The molecule has 0 aliphatic heterocycles. The highest BCUT2D eigenvalue weighted by molar-refractivity contribution is 6.32. The number of rotatable bonds is 6. The SMILES string of the molecule is COC(=O)COc1ccc2ccc(Oc3c(Cl)cc(C(F)(F)F)cc3OC)cc2c1. The van der Waals surface area contributed by atoms with Crippen molar-refractivity contribution in [3.8, 4) is 23.0 Å². The lowest BCUT2D eigenvalue weighted by Crippen LogP contribution is -2.12. The predicted molar refractivity (Wildman–Crippen MR) is 105 cm³/mol. The van der Waals surface area contributed by atoms with Gasteiger partial charge in [-0.25, -0.2) is 4.79 Å². The molecular weight excluding hydrogens is 425 g/mol. The molecule has 0 heterocycles. The topological polar surface area (TPSA) is 54.0 Å². The van der Waals surface area contributed by atoms with Crippen LogP contribution in [0, 0.1) is 0 Å². The van der Waals surface area contributed by atoms with Crippen molar-refractivity contribution in [2.45, 2.75) is 6.18 Å². The van der Waals surface area contributed by atoms with E-state index in [9.17, 15) is 18.0 Å². The number of hydrogen-bond acceptors (Lipinski definition) is 5. The third-order valence-corrected chi connectivity index (χ3v) is 4.42. The van der Waals surface area contributed by atoms with Gasteiger partial charge in [0.15, 0.2) is 18.1 Å². The largest absolute Gasteiger partial charge is 0.493 e. The van der Waals surface area contributed by atoms with Gasteiger partial charge in [-0.2, -0.15) is 13.2 Å². The van der Waals surface area contributed by atoms with E-state index in [0.29, 0.717) is 11.5 Å². The van der Waals surface area contributed by atoms with Gasteiger partial charge in [-0.3, -0.25) is 0 Å². The molecule has 158 valence electrons. The quantitative estimate of drug-likeness (QED) is 0.449. The molecule has 30 heavy (non-hydrogen) atoms. The second-order valence-corrected chi connectivity index (χ2v) is 6.53. The number of esters is 1. The van der Waals surface area contributed by atoms with Gasteiger partial charge >= 0.3 is 12.1 Å². The molecule has 0 N–H and O–H groups in total. The van der Waals surface area contributed by atoms with E-state index < -0.39 is 17.7 Å². The summed E-state index contributed by atoms with van der Waals surface area (Å²) in [6.07, 6.45) is -4.57. The van der Waals surface area contributed by atoms with E-state index in [-0.39, 0.29) is 23.1 Å². The van der Waals surface area contributed by atoms with E-state index >= 15 is 0 Å². The van der Waals surface area contributed by atoms with Crippen LogP contribution in [0.5, 0.6) is 23.0 Å². The van der Waals surface area contributed by atoms with E-state index in [2.05, 4.69) is 4.74 Å². The lowest BCUT2D eigenvalue weighted by Gasteiger charge is -2.15. The highest BCUT2D eigenvalue weighted by atomic mass is 35.5. The number of halogens is 4. The number of ether oxygens (including phenoxy) is 4. The van der Waals surface area contributed by atoms with Crippen LogP contribution in [0.15, 0.2) is 48.5 Å². The minimum atomic E-state index is -4.57. The number of carbonyl (C=O) groups excluding carboxylic acids is 1. The molecule has 3 aromatic rings. The zero-order valence-corrected chi connectivity index (χ0v) is 16.6. The summed E-state index contributed by atoms with van der Waals surface area (Å²) in [6, 6.07) is 11.8. The number of fused-ring (bicyclic) bond motifs is 1. The summed E-state index contributed by atoms with van der Waals surface area (Å²) in [5, 5.41) is 1.34. The van der Waals surface area contributed by atoms with Gasteiger partial charge < -0.3 is 18.9 Å². The van der Waals surface area contributed by atoms with Crippen LogP contribution >= 0.6 is 11.6 Å². The zero-order valence-electron chi connectivity index (χ0n) is 15.9. The maximum absolute atomic E-state index is 13.0. The third kappa shape index (κ3) is 4.88. The lowest BCUT2D eigenvalue weighted by atomic mass is 10.1. The fourth-order valence-electron chi connectivity index (χ4n) is 2.66. The van der Waals surface area contributed by atoms with Gasteiger partial charge in [-0.05, 0) is 47.2 Å². The van der Waals surface area contributed by atoms with Crippen LogP contribution in [-0.2, 0) is 15.7 Å². The molecule has 0 fully saturated rings. The van der Waals surface area contributed by atoms with Gasteiger partial charge in [-0.1, -0.05) is 23.7 Å². The summed E-state index contributed by atoms with van der Waals surface area (Å²) >= 11 is 6.03. The van der Waals surface area contributed by atoms with E-state index in [4.69, 9.17) is 25.8 Å². The number of benzene rings is 3. The average molecular weight is 441 g/mol. The van der Waals surface area contributed by atoms with E-state index in [0.717, 1.165) is 22.9 Å². The maximum atomic E-state index is 13.0. The van der Waals surface area contributed by atoms with Crippen LogP contribution in [0.2, 0.25) is 5.02 Å². The molecule has 0 radical (unpaired) electrons. The number of alkyl halides is 3. The molecule has 0 saturated heterocycles. The molecule has 3 aromatic carbocycles. The Morgan fingerprint density at radius 2 is 1.63 bits per heavy atom. The molecule has 0 aliphatic carbocycles. The van der Waals surface area contributed by atoms with Crippen molar-refractivity contribution in [3.05, 3.63) is 59.1 Å². The lowest BCUT2D eigenvalue weighted by molar-refractivity contribution is -0.143. The number of carbonyl (C=O) groups is 1. The van der Waals surface area contributed by atoms with Crippen molar-refractivity contribution < 1.29 is 36.9 Å². The minimum Gasteiger partial charge on any atom is -0.493 e. The normalized spacial score (nSPS) is 11.3. The first-order valence-electron chi connectivity index (χ1n) is 8.57. The maximum Gasteiger partial charge on any atom is 0.416 e. The van der Waals surface area contributed by atoms with Crippen LogP contribution < -0.4 is 14.2 Å². The smallest absolute Gasteiger partial charge is 0.416 e. The minimum absolute atomic E-state index is 0.0374. The molecule has 0 unspecified atom stereocenters. The van der Waals surface area contributed by atoms with Crippen molar-refractivity contribution in [1.82, 2.24) is 0 Å². The van der Waals surface area contributed by atoms with Crippen molar-refractivity contribution in [1.29, 1.82) is 0 Å². The standard InChI is InChI=1S/C21H16ClF3O5/c1-27-18-10-14(21(23,24)25)9-17(22)20(18)30-16-6-4-12-3-5-15(7-13(12)8-16)29-11-19(26)28-2/h3-10H,11H2,1-2H3. The van der Waals surface area contributed by atoms with Crippen molar-refractivity contribution in [2.24, 2.45) is 0 Å². The van der Waals surface area contributed by atoms with Crippen LogP contribution in [0.25, 0.3) is 10.8 Å². The molecule has 0 bridgehead atoms. The molecule has 0 atom stereocenters. The van der Waals surface area contributed by atoms with E-state index in [1.807, 2.05) is 0 Å². The molecule has 5 nitrogen and oxygen atoms in total. The van der Waals surface area contributed by atoms with Gasteiger partial charge in [0.2, 0.25) is 0 Å². The van der Waals surface area contributed by atoms with Crippen LogP contribution in [0.3, 0.4) is 0 Å². The summed E-state index contributed by atoms with van der Waals surface area (Å²) in [5.41, 5.74) is -0.942. The first-order chi connectivity index (χ1) is 14.2. The Kier molecular flexibility index (Phi) is 6.26. The molecule has 0 aromatic heterocycles. The Balaban J connectivity index is 1.91. The second kappa shape index (κ2) is 8.71. The number of hydrogen-bond donors (Lipinski definition) is 0. The van der Waals surface area contributed by atoms with Gasteiger partial charge in [0.1, 0.15) is 11.5 Å². The molecule has 0 aliphatic rings. The van der Waals surface area contributed by atoms with Crippen LogP contribution in [0.4, 0.5) is 13.2 Å². The summed E-state index contributed by atoms with van der Waals surface area (Å²) in [7, 11) is 2.49. The highest BCUT2D eigenvalue weighted by Gasteiger charge is 2.33.